The molecular weight excluding hydrogens is 368 g/mol. The van der Waals surface area contributed by atoms with Crippen LogP contribution in [-0.4, -0.2) is 16.9 Å². The number of ether oxygens (including phenoxy) is 1. The molecule has 0 unspecified atom stereocenters. The van der Waals surface area contributed by atoms with Crippen LogP contribution in [0.4, 0.5) is 5.69 Å². The van der Waals surface area contributed by atoms with Crippen LogP contribution < -0.4 is 5.01 Å². The highest BCUT2D eigenvalue weighted by atomic mass is 35.5. The largest absolute Gasteiger partial charge is 0.497 e. The second kappa shape index (κ2) is 7.48. The third-order valence-electron chi connectivity index (χ3n) is 4.20. The Morgan fingerprint density at radius 2 is 1.85 bits per heavy atom. The van der Waals surface area contributed by atoms with Crippen LogP contribution in [0.2, 0.25) is 5.02 Å². The minimum Gasteiger partial charge on any atom is -0.497 e. The van der Waals surface area contributed by atoms with Crippen molar-refractivity contribution in [3.05, 3.63) is 88.8 Å². The summed E-state index contributed by atoms with van der Waals surface area (Å²) in [5.74, 6) is 0.773. The molecule has 26 heavy (non-hydrogen) atoms. The molecule has 0 radical (unpaired) electrons. The molecule has 4 rings (SSSR count). The van der Waals surface area contributed by atoms with E-state index in [1.165, 1.54) is 5.56 Å². The van der Waals surface area contributed by atoms with E-state index >= 15 is 0 Å². The zero-order valence-corrected chi connectivity index (χ0v) is 15.5. The third-order valence-corrected chi connectivity index (χ3v) is 5.52. The molecule has 0 bridgehead atoms. The van der Waals surface area contributed by atoms with E-state index in [9.17, 15) is 4.79 Å². The Morgan fingerprint density at radius 3 is 2.62 bits per heavy atom. The number of allylic oxidation sites excluding steroid dienone is 1. The Labute approximate surface area is 161 Å². The van der Waals surface area contributed by atoms with Gasteiger partial charge in [-0.3, -0.25) is 4.79 Å². The zero-order chi connectivity index (χ0) is 17.9. The molecule has 0 fully saturated rings. The topological polar surface area (TPSA) is 32.8 Å². The maximum absolute atomic E-state index is 12.9. The minimum atomic E-state index is 0.0190. The summed E-state index contributed by atoms with van der Waals surface area (Å²) in [5.41, 5.74) is 4.01. The van der Waals surface area contributed by atoms with Gasteiger partial charge in [0.05, 0.1) is 24.1 Å². The molecule has 2 heterocycles. The molecule has 0 saturated heterocycles. The maximum Gasteiger partial charge on any atom is 0.250 e. The fourth-order valence-corrected chi connectivity index (χ4v) is 4.15. The molecule has 2 aromatic rings. The highest BCUT2D eigenvalue weighted by Crippen LogP contribution is 2.37. The summed E-state index contributed by atoms with van der Waals surface area (Å²) in [7, 11) is 0. The van der Waals surface area contributed by atoms with E-state index in [4.69, 9.17) is 16.3 Å². The number of rotatable bonds is 4. The van der Waals surface area contributed by atoms with Gasteiger partial charge in [-0.05, 0) is 47.9 Å². The summed E-state index contributed by atoms with van der Waals surface area (Å²) < 4.78 is 7.36. The smallest absolute Gasteiger partial charge is 0.250 e. The van der Waals surface area contributed by atoms with Crippen LogP contribution in [0, 0.1) is 0 Å². The molecule has 0 atom stereocenters. The summed E-state index contributed by atoms with van der Waals surface area (Å²) in [6.07, 6.45) is 3.96. The highest BCUT2D eigenvalue weighted by molar-refractivity contribution is 7.96. The second-order valence-electron chi connectivity index (χ2n) is 5.99. The number of hydrogen-bond acceptors (Lipinski definition) is 4. The number of halogens is 1. The van der Waals surface area contributed by atoms with Gasteiger partial charge < -0.3 is 4.74 Å². The van der Waals surface area contributed by atoms with Gasteiger partial charge in [-0.1, -0.05) is 41.9 Å². The van der Waals surface area contributed by atoms with Crippen molar-refractivity contribution in [3.8, 4) is 0 Å². The standard InChI is InChI=1S/C20H17ClN2O2S/c21-17-6-8-18(9-7-17)22-20(24)12-16-13-25-11-10-19(16)23(22)26-14-15-4-2-1-3-5-15/h1-11H,12-14H2. The molecule has 0 aromatic heterocycles. The predicted octanol–water partition coefficient (Wildman–Crippen LogP) is 4.94. The number of benzene rings is 2. The van der Waals surface area contributed by atoms with Crippen LogP contribution in [0.25, 0.3) is 0 Å². The summed E-state index contributed by atoms with van der Waals surface area (Å²) in [4.78, 5) is 12.9. The van der Waals surface area contributed by atoms with E-state index < -0.39 is 0 Å². The number of nitrogens with zero attached hydrogens (tertiary/aromatic N) is 2. The predicted molar refractivity (Wildman–Crippen MR) is 105 cm³/mol. The number of carbonyl (C=O) groups excluding carboxylic acids is 1. The fourth-order valence-electron chi connectivity index (χ4n) is 2.93. The number of carbonyl (C=O) groups is 1. The molecule has 0 N–H and O–H groups in total. The van der Waals surface area contributed by atoms with Gasteiger partial charge in [-0.25, -0.2) is 9.42 Å². The summed E-state index contributed by atoms with van der Waals surface area (Å²) in [5, 5.41) is 2.37. The van der Waals surface area contributed by atoms with Gasteiger partial charge in [-0.2, -0.15) is 0 Å². The van der Waals surface area contributed by atoms with Gasteiger partial charge in [0.2, 0.25) is 0 Å². The first kappa shape index (κ1) is 17.1. The maximum atomic E-state index is 12.9. The SMILES string of the molecule is O=C1CC2=C(C=COC2)N(SCc2ccccc2)N1c1ccc(Cl)cc1. The Balaban J connectivity index is 1.68. The molecule has 0 saturated carbocycles. The quantitative estimate of drug-likeness (QED) is 0.699. The number of hydrazine groups is 1. The normalized spacial score (nSPS) is 16.6. The Bertz CT molecular complexity index is 865. The number of anilines is 1. The summed E-state index contributed by atoms with van der Waals surface area (Å²) in [6.45, 7) is 0.453. The Hall–Kier alpha value is -2.37. The van der Waals surface area contributed by atoms with Crippen molar-refractivity contribution < 1.29 is 9.53 Å². The molecule has 2 aliphatic heterocycles. The molecule has 4 nitrogen and oxygen atoms in total. The van der Waals surface area contributed by atoms with Crippen LogP contribution in [0.1, 0.15) is 12.0 Å². The molecule has 132 valence electrons. The number of amides is 1. The molecule has 2 aromatic carbocycles. The first-order valence-electron chi connectivity index (χ1n) is 8.28. The monoisotopic (exact) mass is 384 g/mol. The van der Waals surface area contributed by atoms with Crippen LogP contribution in [0.5, 0.6) is 0 Å². The van der Waals surface area contributed by atoms with Gasteiger partial charge in [0.15, 0.2) is 0 Å². The highest BCUT2D eigenvalue weighted by Gasteiger charge is 2.34. The molecule has 6 heteroatoms. The van der Waals surface area contributed by atoms with E-state index in [1.54, 1.807) is 35.4 Å². The lowest BCUT2D eigenvalue weighted by molar-refractivity contribution is -0.120. The van der Waals surface area contributed by atoms with Crippen LogP contribution >= 0.6 is 23.5 Å². The molecule has 1 amide bonds. The summed E-state index contributed by atoms with van der Waals surface area (Å²) in [6, 6.07) is 17.5. The van der Waals surface area contributed by atoms with Gasteiger partial charge >= 0.3 is 0 Å². The number of hydrogen-bond donors (Lipinski definition) is 0. The first-order valence-corrected chi connectivity index (χ1v) is 9.60. The van der Waals surface area contributed by atoms with Gasteiger partial charge in [0, 0.05) is 16.3 Å². The zero-order valence-electron chi connectivity index (χ0n) is 14.0. The van der Waals surface area contributed by atoms with E-state index in [2.05, 4.69) is 12.1 Å². The second-order valence-corrected chi connectivity index (χ2v) is 7.32. The van der Waals surface area contributed by atoms with Crippen molar-refractivity contribution in [1.29, 1.82) is 0 Å². The van der Waals surface area contributed by atoms with Crippen molar-refractivity contribution in [1.82, 2.24) is 4.41 Å². The molecule has 2 aliphatic rings. The lowest BCUT2D eigenvalue weighted by Gasteiger charge is -2.41. The van der Waals surface area contributed by atoms with Crippen molar-refractivity contribution >= 4 is 35.1 Å². The van der Waals surface area contributed by atoms with E-state index in [1.807, 2.05) is 40.8 Å². The van der Waals surface area contributed by atoms with Crippen molar-refractivity contribution in [2.45, 2.75) is 12.2 Å². The van der Waals surface area contributed by atoms with Crippen molar-refractivity contribution in [2.24, 2.45) is 0 Å². The van der Waals surface area contributed by atoms with Crippen molar-refractivity contribution in [3.63, 3.8) is 0 Å². The van der Waals surface area contributed by atoms with Crippen LogP contribution in [0.15, 0.2) is 78.2 Å². The van der Waals surface area contributed by atoms with Gasteiger partial charge in [0.1, 0.15) is 6.61 Å². The molecule has 0 aliphatic carbocycles. The lowest BCUT2D eigenvalue weighted by atomic mass is 10.1. The van der Waals surface area contributed by atoms with E-state index in [-0.39, 0.29) is 5.91 Å². The Kier molecular flexibility index (Phi) is 4.91. The van der Waals surface area contributed by atoms with Crippen LogP contribution in [-0.2, 0) is 15.3 Å². The first-order chi connectivity index (χ1) is 12.7. The lowest BCUT2D eigenvalue weighted by Crippen LogP contribution is -2.46. The van der Waals surface area contributed by atoms with E-state index in [0.29, 0.717) is 18.1 Å². The fraction of sp³-hybridized carbons (Fsp3) is 0.150. The molecule has 0 spiro atoms. The van der Waals surface area contributed by atoms with Crippen LogP contribution in [0.3, 0.4) is 0 Å². The average molecular weight is 385 g/mol. The third kappa shape index (κ3) is 3.45. The van der Waals surface area contributed by atoms with Gasteiger partial charge in [-0.15, -0.1) is 0 Å². The van der Waals surface area contributed by atoms with E-state index in [0.717, 1.165) is 22.7 Å². The van der Waals surface area contributed by atoms with Gasteiger partial charge in [0.25, 0.3) is 5.91 Å². The van der Waals surface area contributed by atoms with Crippen molar-refractivity contribution in [2.75, 3.05) is 11.6 Å². The summed E-state index contributed by atoms with van der Waals surface area (Å²) >= 11 is 7.60. The minimum absolute atomic E-state index is 0.0190. The molecular formula is C20H17ClN2O2S. The average Bonchev–Trinajstić information content (AvgIpc) is 2.67. The Morgan fingerprint density at radius 1 is 1.08 bits per heavy atom.